The summed E-state index contributed by atoms with van der Waals surface area (Å²) in [6.45, 7) is 3.15. The maximum Gasteiger partial charge on any atom is 0.192 e. The van der Waals surface area contributed by atoms with E-state index in [1.165, 1.54) is 37.3 Å². The van der Waals surface area contributed by atoms with Crippen molar-refractivity contribution < 1.29 is 23.2 Å². The minimum absolute atomic E-state index is 0.221. The molecule has 0 amide bonds. The molecule has 0 radical (unpaired) electrons. The molecule has 3 aromatic rings. The van der Waals surface area contributed by atoms with Crippen LogP contribution in [0.15, 0.2) is 42.6 Å². The molecular formula is C20H16F2I2N2O3. The maximum absolute atomic E-state index is 12.8. The summed E-state index contributed by atoms with van der Waals surface area (Å²) in [7, 11) is 0. The zero-order valence-electron chi connectivity index (χ0n) is 15.4. The van der Waals surface area contributed by atoms with Crippen molar-refractivity contribution in [2.75, 3.05) is 0 Å². The van der Waals surface area contributed by atoms with E-state index in [-0.39, 0.29) is 17.9 Å². The Kier molecular flexibility index (Phi) is 10.8. The number of nitrogens with one attached hydrogen (secondary N) is 1. The number of carbonyl (C=O) groups excluding carboxylic acids is 3. The maximum atomic E-state index is 12.8. The Labute approximate surface area is 193 Å². The number of aldehydes is 2. The van der Waals surface area contributed by atoms with E-state index in [1.54, 1.807) is 12.3 Å². The van der Waals surface area contributed by atoms with Gasteiger partial charge in [-0.05, 0) is 88.5 Å². The second-order valence-corrected chi connectivity index (χ2v) is 7.88. The minimum Gasteiger partial charge on any atom is -0.342 e. The van der Waals surface area contributed by atoms with Gasteiger partial charge in [-0.25, -0.2) is 13.8 Å². The van der Waals surface area contributed by atoms with Crippen LogP contribution in [0.4, 0.5) is 8.78 Å². The van der Waals surface area contributed by atoms with E-state index in [2.05, 4.69) is 32.6 Å². The van der Waals surface area contributed by atoms with Gasteiger partial charge in [0.15, 0.2) is 18.4 Å². The number of imidazole rings is 1. The van der Waals surface area contributed by atoms with Crippen LogP contribution < -0.4 is 0 Å². The third-order valence-corrected chi connectivity index (χ3v) is 4.97. The molecule has 2 aromatic carbocycles. The molecule has 1 heterocycles. The van der Waals surface area contributed by atoms with E-state index in [0.29, 0.717) is 15.4 Å². The number of Topliss-reactive ketones (excluding diaryl/α,β-unsaturated/α-hetero) is 1. The molecule has 3 rings (SSSR count). The summed E-state index contributed by atoms with van der Waals surface area (Å²) in [5, 5.41) is 0. The highest BCUT2D eigenvalue weighted by Crippen LogP contribution is 2.23. The lowest BCUT2D eigenvalue weighted by atomic mass is 10.2. The van der Waals surface area contributed by atoms with Crippen LogP contribution in [0.5, 0.6) is 0 Å². The van der Waals surface area contributed by atoms with Crippen LogP contribution in [0.1, 0.15) is 23.0 Å². The summed E-state index contributed by atoms with van der Waals surface area (Å²) in [4.78, 5) is 36.1. The van der Waals surface area contributed by atoms with E-state index < -0.39 is 5.78 Å². The largest absolute Gasteiger partial charge is 0.342 e. The third-order valence-electron chi connectivity index (χ3n) is 3.14. The van der Waals surface area contributed by atoms with Crippen molar-refractivity contribution in [3.63, 3.8) is 0 Å². The zero-order valence-corrected chi connectivity index (χ0v) is 19.7. The Morgan fingerprint density at radius 2 is 1.59 bits per heavy atom. The Morgan fingerprint density at radius 3 is 2.00 bits per heavy atom. The predicted octanol–water partition coefficient (Wildman–Crippen LogP) is 5.15. The van der Waals surface area contributed by atoms with Gasteiger partial charge in [-0.2, -0.15) is 0 Å². The summed E-state index contributed by atoms with van der Waals surface area (Å²) >= 11 is 4.01. The van der Waals surface area contributed by atoms with Gasteiger partial charge in [0.2, 0.25) is 0 Å². The lowest BCUT2D eigenvalue weighted by Crippen LogP contribution is -1.86. The molecule has 0 saturated carbocycles. The number of hydrogen-bond acceptors (Lipinski definition) is 4. The fraction of sp³-hybridized carbons (Fsp3) is 0.100. The fourth-order valence-corrected chi connectivity index (χ4v) is 3.17. The first kappa shape index (κ1) is 25.0. The lowest BCUT2D eigenvalue weighted by molar-refractivity contribution is -0.128. The Bertz CT molecular complexity index is 1010. The topological polar surface area (TPSA) is 79.9 Å². The van der Waals surface area contributed by atoms with Gasteiger partial charge in [0.25, 0.3) is 0 Å². The van der Waals surface area contributed by atoms with Gasteiger partial charge in [-0.3, -0.25) is 14.4 Å². The molecule has 29 heavy (non-hydrogen) atoms. The molecule has 9 heteroatoms. The van der Waals surface area contributed by atoms with Gasteiger partial charge in [0.05, 0.1) is 0 Å². The van der Waals surface area contributed by atoms with Gasteiger partial charge in [0.1, 0.15) is 17.5 Å². The number of hydrogen-bond donors (Lipinski definition) is 1. The Balaban J connectivity index is 0.000000245. The molecular weight excluding hydrogens is 608 g/mol. The van der Waals surface area contributed by atoms with Crippen molar-refractivity contribution in [2.24, 2.45) is 0 Å². The number of aromatic nitrogens is 2. The van der Waals surface area contributed by atoms with Crippen molar-refractivity contribution in [1.82, 2.24) is 9.97 Å². The number of aryl methyl sites for hydroxylation is 1. The predicted molar refractivity (Wildman–Crippen MR) is 123 cm³/mol. The molecule has 0 saturated heterocycles. The molecule has 5 nitrogen and oxygen atoms in total. The first-order chi connectivity index (χ1) is 13.7. The lowest BCUT2D eigenvalue weighted by Gasteiger charge is -2.00. The smallest absolute Gasteiger partial charge is 0.192 e. The zero-order chi connectivity index (χ0) is 22.0. The number of carbonyl (C=O) groups is 3. The molecule has 0 unspecified atom stereocenters. The fourth-order valence-electron chi connectivity index (χ4n) is 1.83. The summed E-state index contributed by atoms with van der Waals surface area (Å²) in [6.07, 6.45) is 2.75. The highest BCUT2D eigenvalue weighted by atomic mass is 127. The second kappa shape index (κ2) is 12.5. The van der Waals surface area contributed by atoms with Crippen LogP contribution in [-0.4, -0.2) is 28.3 Å². The molecule has 152 valence electrons. The highest BCUT2D eigenvalue weighted by molar-refractivity contribution is 14.1. The van der Waals surface area contributed by atoms with Crippen LogP contribution >= 0.6 is 45.2 Å². The van der Waals surface area contributed by atoms with Crippen molar-refractivity contribution in [3.8, 4) is 11.4 Å². The second-order valence-electron chi connectivity index (χ2n) is 5.55. The average molecular weight is 624 g/mol. The number of rotatable bonds is 3. The van der Waals surface area contributed by atoms with E-state index in [9.17, 15) is 18.4 Å². The quantitative estimate of drug-likeness (QED) is 0.249. The molecule has 1 N–H and O–H groups in total. The molecule has 0 aliphatic rings. The summed E-state index contributed by atoms with van der Waals surface area (Å²) < 4.78 is 26.7. The highest BCUT2D eigenvalue weighted by Gasteiger charge is 2.06. The van der Waals surface area contributed by atoms with Crippen molar-refractivity contribution in [3.05, 3.63) is 72.6 Å². The van der Waals surface area contributed by atoms with Crippen LogP contribution in [0.2, 0.25) is 0 Å². The number of nitrogens with zero attached hydrogens (tertiary/aromatic N) is 1. The van der Waals surface area contributed by atoms with Gasteiger partial charge in [0, 0.05) is 37.1 Å². The van der Waals surface area contributed by atoms with Crippen LogP contribution in [-0.2, 0) is 9.59 Å². The van der Waals surface area contributed by atoms with E-state index in [1.807, 2.05) is 29.5 Å². The molecule has 0 aliphatic carbocycles. The summed E-state index contributed by atoms with van der Waals surface area (Å²) in [5.41, 5.74) is 2.46. The number of halogens is 4. The number of ketones is 1. The van der Waals surface area contributed by atoms with E-state index >= 15 is 0 Å². The Morgan fingerprint density at radius 1 is 1.03 bits per heavy atom. The van der Waals surface area contributed by atoms with Crippen molar-refractivity contribution in [2.45, 2.75) is 13.8 Å². The first-order valence-corrected chi connectivity index (χ1v) is 10.2. The minimum atomic E-state index is -0.426. The molecule has 1 aromatic heterocycles. The average Bonchev–Trinajstić information content (AvgIpc) is 3.09. The van der Waals surface area contributed by atoms with Gasteiger partial charge >= 0.3 is 0 Å². The number of H-pyrrole nitrogens is 1. The molecule has 0 spiro atoms. The van der Waals surface area contributed by atoms with Gasteiger partial charge in [-0.1, -0.05) is 0 Å². The molecule has 0 aliphatic heterocycles. The number of aromatic amines is 1. The molecule has 0 bridgehead atoms. The molecule has 0 fully saturated rings. The van der Waals surface area contributed by atoms with Crippen molar-refractivity contribution in [1.29, 1.82) is 0 Å². The van der Waals surface area contributed by atoms with Gasteiger partial charge < -0.3 is 4.98 Å². The summed E-state index contributed by atoms with van der Waals surface area (Å²) in [5.74, 6) is -0.173. The monoisotopic (exact) mass is 624 g/mol. The summed E-state index contributed by atoms with van der Waals surface area (Å²) in [6, 6.07) is 8.72. The normalized spacial score (nSPS) is 9.45. The third kappa shape index (κ3) is 8.90. The van der Waals surface area contributed by atoms with Gasteiger partial charge in [-0.15, -0.1) is 0 Å². The first-order valence-electron chi connectivity index (χ1n) is 8.01. The SMILES string of the molecule is CC(=O)C=O.Cc1cnc(-c2ccc(F)cc2I)[nH]1.O=Cc1ccc(F)cc1I. The van der Waals surface area contributed by atoms with Crippen LogP contribution in [0.25, 0.3) is 11.4 Å². The van der Waals surface area contributed by atoms with Crippen LogP contribution in [0.3, 0.4) is 0 Å². The van der Waals surface area contributed by atoms with Crippen LogP contribution in [0, 0.1) is 25.7 Å². The standard InChI is InChI=1S/C10H8FIN2.C7H4FIO.C3H4O2/c1-6-5-13-10(14-6)8-3-2-7(11)4-9(8)12;8-6-2-1-5(4-10)7(9)3-6;1-3(5)2-4/h2-5H,1H3,(H,13,14);1-4H;2H,1H3. The molecule has 0 atom stereocenters. The van der Waals surface area contributed by atoms with Crippen molar-refractivity contribution >= 4 is 63.5 Å². The van der Waals surface area contributed by atoms with E-state index in [0.717, 1.165) is 20.7 Å². The van der Waals surface area contributed by atoms with E-state index in [4.69, 9.17) is 4.79 Å². The Hall–Kier alpha value is -2.02. The number of benzene rings is 2.